The van der Waals surface area contributed by atoms with Gasteiger partial charge in [0.2, 0.25) is 11.8 Å². The number of alkyl halides is 2. The van der Waals surface area contributed by atoms with Gasteiger partial charge in [0.15, 0.2) is 0 Å². The molecular formula is C16H19F2N5OS. The molecule has 2 aliphatic rings. The summed E-state index contributed by atoms with van der Waals surface area (Å²) in [5, 5.41) is 11.5. The Morgan fingerprint density at radius 1 is 1.36 bits per heavy atom. The van der Waals surface area contributed by atoms with Gasteiger partial charge in [-0.3, -0.25) is 9.48 Å². The standard InChI is InChI=1S/C16H19F2N5OS/c1-8-13(25-22-20-8)12-11(9-4-3-5-9)14(23(2)21-12)19-15(24)10-6-16(17,18)7-10/h9-10H,3-7H2,1-2H3,(H,19,24). The molecule has 1 N–H and O–H groups in total. The smallest absolute Gasteiger partial charge is 0.249 e. The molecule has 9 heteroatoms. The van der Waals surface area contributed by atoms with Crippen molar-refractivity contribution in [3.63, 3.8) is 0 Å². The van der Waals surface area contributed by atoms with Gasteiger partial charge >= 0.3 is 0 Å². The third kappa shape index (κ3) is 2.84. The molecule has 0 atom stereocenters. The molecule has 1 amide bonds. The van der Waals surface area contributed by atoms with Gasteiger partial charge in [-0.05, 0) is 37.2 Å². The van der Waals surface area contributed by atoms with Crippen molar-refractivity contribution in [3.05, 3.63) is 11.3 Å². The summed E-state index contributed by atoms with van der Waals surface area (Å²) in [6.45, 7) is 1.88. The predicted octanol–water partition coefficient (Wildman–Crippen LogP) is 3.50. The van der Waals surface area contributed by atoms with Crippen LogP contribution in [0.5, 0.6) is 0 Å². The first-order valence-corrected chi connectivity index (χ1v) is 9.18. The zero-order chi connectivity index (χ0) is 17.8. The van der Waals surface area contributed by atoms with Crippen LogP contribution in [0.25, 0.3) is 10.6 Å². The average molecular weight is 367 g/mol. The van der Waals surface area contributed by atoms with E-state index in [1.54, 1.807) is 11.7 Å². The summed E-state index contributed by atoms with van der Waals surface area (Å²) in [5.74, 6) is -2.74. The number of aromatic nitrogens is 4. The Bertz CT molecular complexity index is 819. The first kappa shape index (κ1) is 16.6. The maximum Gasteiger partial charge on any atom is 0.249 e. The number of carbonyl (C=O) groups is 1. The molecule has 0 spiro atoms. The van der Waals surface area contributed by atoms with Crippen LogP contribution in [0.2, 0.25) is 0 Å². The Kier molecular flexibility index (Phi) is 3.86. The average Bonchev–Trinajstić information content (AvgIpc) is 3.00. The minimum atomic E-state index is -2.71. The molecule has 0 unspecified atom stereocenters. The SMILES string of the molecule is Cc1nnsc1-c1nn(C)c(NC(=O)C2CC(F)(F)C2)c1C1CCC1. The van der Waals surface area contributed by atoms with Crippen LogP contribution in [-0.2, 0) is 11.8 Å². The van der Waals surface area contributed by atoms with Gasteiger partial charge in [0.1, 0.15) is 11.5 Å². The summed E-state index contributed by atoms with van der Waals surface area (Å²) >= 11 is 1.28. The number of nitrogens with one attached hydrogen (secondary N) is 1. The molecule has 4 rings (SSSR count). The van der Waals surface area contributed by atoms with Crippen molar-refractivity contribution < 1.29 is 13.6 Å². The van der Waals surface area contributed by atoms with Crippen LogP contribution < -0.4 is 5.32 Å². The summed E-state index contributed by atoms with van der Waals surface area (Å²) < 4.78 is 31.7. The van der Waals surface area contributed by atoms with Crippen LogP contribution in [0.15, 0.2) is 0 Å². The minimum absolute atomic E-state index is 0.323. The van der Waals surface area contributed by atoms with Gasteiger partial charge in [-0.25, -0.2) is 8.78 Å². The van der Waals surface area contributed by atoms with E-state index in [4.69, 9.17) is 0 Å². The third-order valence-electron chi connectivity index (χ3n) is 5.17. The Hall–Kier alpha value is -1.90. The number of rotatable bonds is 4. The van der Waals surface area contributed by atoms with E-state index in [9.17, 15) is 13.6 Å². The van der Waals surface area contributed by atoms with Gasteiger partial charge in [0.25, 0.3) is 0 Å². The van der Waals surface area contributed by atoms with Gasteiger partial charge < -0.3 is 5.32 Å². The number of halogens is 2. The highest BCUT2D eigenvalue weighted by Gasteiger charge is 2.49. The summed E-state index contributed by atoms with van der Waals surface area (Å²) in [4.78, 5) is 13.3. The number of hydrogen-bond donors (Lipinski definition) is 1. The van der Waals surface area contributed by atoms with E-state index in [-0.39, 0.29) is 18.7 Å². The molecule has 25 heavy (non-hydrogen) atoms. The van der Waals surface area contributed by atoms with Crippen LogP contribution in [-0.4, -0.2) is 31.2 Å². The minimum Gasteiger partial charge on any atom is -0.310 e. The molecule has 2 aromatic heterocycles. The lowest BCUT2D eigenvalue weighted by atomic mass is 9.78. The molecule has 134 valence electrons. The Morgan fingerprint density at radius 3 is 2.60 bits per heavy atom. The molecule has 0 bridgehead atoms. The number of hydrogen-bond acceptors (Lipinski definition) is 5. The van der Waals surface area contributed by atoms with E-state index < -0.39 is 11.8 Å². The monoisotopic (exact) mass is 367 g/mol. The van der Waals surface area contributed by atoms with Gasteiger partial charge in [-0.2, -0.15) is 5.10 Å². The fourth-order valence-corrected chi connectivity index (χ4v) is 4.11. The fraction of sp³-hybridized carbons (Fsp3) is 0.625. The van der Waals surface area contributed by atoms with Crippen molar-refractivity contribution >= 4 is 23.3 Å². The van der Waals surface area contributed by atoms with Crippen LogP contribution in [0.1, 0.15) is 49.3 Å². The number of nitrogens with zero attached hydrogens (tertiary/aromatic N) is 4. The van der Waals surface area contributed by atoms with Gasteiger partial charge in [0, 0.05) is 31.4 Å². The maximum absolute atomic E-state index is 13.1. The van der Waals surface area contributed by atoms with Crippen LogP contribution >= 0.6 is 11.5 Å². The topological polar surface area (TPSA) is 72.7 Å². The Labute approximate surface area is 147 Å². The third-order valence-corrected chi connectivity index (χ3v) is 6.00. The first-order chi connectivity index (χ1) is 11.9. The molecule has 2 aliphatic carbocycles. The molecule has 0 saturated heterocycles. The van der Waals surface area contributed by atoms with Crippen LogP contribution in [0, 0.1) is 12.8 Å². The van der Waals surface area contributed by atoms with Gasteiger partial charge in [-0.15, -0.1) is 5.10 Å². The van der Waals surface area contributed by atoms with E-state index in [1.165, 1.54) is 11.5 Å². The lowest BCUT2D eigenvalue weighted by Gasteiger charge is -2.34. The van der Waals surface area contributed by atoms with Crippen molar-refractivity contribution in [2.75, 3.05) is 5.32 Å². The summed E-state index contributed by atoms with van der Waals surface area (Å²) in [6, 6.07) is 0. The first-order valence-electron chi connectivity index (χ1n) is 8.40. The normalized spacial score (nSPS) is 20.2. The highest BCUT2D eigenvalue weighted by molar-refractivity contribution is 7.09. The molecule has 0 aliphatic heterocycles. The number of aryl methyl sites for hydroxylation is 2. The van der Waals surface area contributed by atoms with Crippen molar-refractivity contribution in [1.29, 1.82) is 0 Å². The molecule has 2 fully saturated rings. The van der Waals surface area contributed by atoms with E-state index in [0.29, 0.717) is 11.7 Å². The molecule has 0 radical (unpaired) electrons. The molecule has 0 aromatic carbocycles. The largest absolute Gasteiger partial charge is 0.310 e. The van der Waals surface area contributed by atoms with Crippen molar-refractivity contribution in [2.24, 2.45) is 13.0 Å². The molecule has 2 saturated carbocycles. The Morgan fingerprint density at radius 2 is 2.08 bits per heavy atom. The van der Waals surface area contributed by atoms with Crippen LogP contribution in [0.4, 0.5) is 14.6 Å². The van der Waals surface area contributed by atoms with Crippen molar-refractivity contribution in [3.8, 4) is 10.6 Å². The number of carbonyl (C=O) groups excluding carboxylic acids is 1. The van der Waals surface area contributed by atoms with Crippen LogP contribution in [0.3, 0.4) is 0 Å². The molecule has 2 heterocycles. The second-order valence-corrected chi connectivity index (χ2v) is 7.75. The zero-order valence-corrected chi connectivity index (χ0v) is 14.9. The summed E-state index contributed by atoms with van der Waals surface area (Å²) in [6.07, 6.45) is 2.46. The highest BCUT2D eigenvalue weighted by Crippen LogP contribution is 2.47. The fourth-order valence-electron chi connectivity index (χ4n) is 3.45. The lowest BCUT2D eigenvalue weighted by Crippen LogP contribution is -2.42. The van der Waals surface area contributed by atoms with E-state index in [2.05, 4.69) is 20.0 Å². The van der Waals surface area contributed by atoms with Gasteiger partial charge in [0.05, 0.1) is 10.6 Å². The van der Waals surface area contributed by atoms with E-state index in [1.807, 2.05) is 6.92 Å². The van der Waals surface area contributed by atoms with E-state index in [0.717, 1.165) is 41.1 Å². The summed E-state index contributed by atoms with van der Waals surface area (Å²) in [7, 11) is 1.76. The molecular weight excluding hydrogens is 348 g/mol. The van der Waals surface area contributed by atoms with Gasteiger partial charge in [-0.1, -0.05) is 10.9 Å². The number of amides is 1. The van der Waals surface area contributed by atoms with Crippen molar-refractivity contribution in [2.45, 2.75) is 50.9 Å². The quantitative estimate of drug-likeness (QED) is 0.898. The molecule has 2 aromatic rings. The van der Waals surface area contributed by atoms with E-state index >= 15 is 0 Å². The summed E-state index contributed by atoms with van der Waals surface area (Å²) in [5.41, 5.74) is 2.59. The second-order valence-electron chi connectivity index (χ2n) is 7.00. The highest BCUT2D eigenvalue weighted by atomic mass is 32.1. The maximum atomic E-state index is 13.1. The predicted molar refractivity (Wildman–Crippen MR) is 89.7 cm³/mol. The van der Waals surface area contributed by atoms with Crippen molar-refractivity contribution in [1.82, 2.24) is 19.4 Å². The Balaban J connectivity index is 1.66. The molecule has 6 nitrogen and oxygen atoms in total. The second kappa shape index (κ2) is 5.82. The zero-order valence-electron chi connectivity index (χ0n) is 14.1. The lowest BCUT2D eigenvalue weighted by molar-refractivity contribution is -0.145. The number of anilines is 1.